The summed E-state index contributed by atoms with van der Waals surface area (Å²) in [6, 6.07) is 3.13. The van der Waals surface area contributed by atoms with Gasteiger partial charge in [-0.15, -0.1) is 0 Å². The maximum atomic E-state index is 12.2. The van der Waals surface area contributed by atoms with Crippen molar-refractivity contribution in [3.63, 3.8) is 0 Å². The van der Waals surface area contributed by atoms with E-state index in [4.69, 9.17) is 16.3 Å². The number of esters is 1. The van der Waals surface area contributed by atoms with Gasteiger partial charge in [0, 0.05) is 12.7 Å². The van der Waals surface area contributed by atoms with Crippen LogP contribution in [-0.4, -0.2) is 41.5 Å². The highest BCUT2D eigenvalue weighted by Crippen LogP contribution is 2.09. The van der Waals surface area contributed by atoms with Gasteiger partial charge in [-0.2, -0.15) is 0 Å². The zero-order chi connectivity index (χ0) is 14.3. The van der Waals surface area contributed by atoms with Gasteiger partial charge >= 0.3 is 5.97 Å². The Morgan fingerprint density at radius 1 is 1.37 bits per heavy atom. The Hall–Kier alpha value is -1.62. The molecule has 0 aromatic carbocycles. The fourth-order valence-corrected chi connectivity index (χ4v) is 1.68. The fraction of sp³-hybridized carbons (Fsp3) is 0.462. The number of nitrogens with zero attached hydrogens (tertiary/aromatic N) is 2. The minimum Gasteiger partial charge on any atom is -0.465 e. The fourth-order valence-electron chi connectivity index (χ4n) is 1.57. The zero-order valence-corrected chi connectivity index (χ0v) is 11.8. The summed E-state index contributed by atoms with van der Waals surface area (Å²) in [6.07, 6.45) is 2.16. The second-order valence-corrected chi connectivity index (χ2v) is 4.29. The molecule has 0 N–H and O–H groups in total. The first-order valence-electron chi connectivity index (χ1n) is 6.15. The Morgan fingerprint density at radius 2 is 2.11 bits per heavy atom. The molecule has 1 aromatic heterocycles. The Labute approximate surface area is 117 Å². The lowest BCUT2D eigenvalue weighted by Gasteiger charge is -2.20. The number of carbonyl (C=O) groups is 2. The molecule has 0 unspecified atom stereocenters. The van der Waals surface area contributed by atoms with Crippen molar-refractivity contribution in [3.05, 3.63) is 29.0 Å². The number of amides is 1. The van der Waals surface area contributed by atoms with E-state index in [0.717, 1.165) is 6.42 Å². The minimum absolute atomic E-state index is 0.0524. The SMILES string of the molecule is CCCN(CC(=O)OCC)C(=O)c1ccc(Cl)nc1. The molecule has 1 rings (SSSR count). The lowest BCUT2D eigenvalue weighted by molar-refractivity contribution is -0.143. The molecule has 19 heavy (non-hydrogen) atoms. The number of pyridine rings is 1. The molecule has 0 aliphatic rings. The smallest absolute Gasteiger partial charge is 0.325 e. The van der Waals surface area contributed by atoms with Crippen LogP contribution in [0.5, 0.6) is 0 Å². The van der Waals surface area contributed by atoms with Crippen LogP contribution in [0.1, 0.15) is 30.6 Å². The van der Waals surface area contributed by atoms with E-state index in [1.165, 1.54) is 11.1 Å². The highest BCUT2D eigenvalue weighted by atomic mass is 35.5. The molecule has 0 saturated heterocycles. The molecule has 0 fully saturated rings. The van der Waals surface area contributed by atoms with Crippen LogP contribution >= 0.6 is 11.6 Å². The standard InChI is InChI=1S/C13H17ClN2O3/c1-3-7-16(9-12(17)19-4-2)13(18)10-5-6-11(14)15-8-10/h5-6,8H,3-4,7,9H2,1-2H3. The molecule has 0 saturated carbocycles. The van der Waals surface area contributed by atoms with Gasteiger partial charge in [0.15, 0.2) is 0 Å². The molecular weight excluding hydrogens is 268 g/mol. The number of hydrogen-bond acceptors (Lipinski definition) is 4. The highest BCUT2D eigenvalue weighted by Gasteiger charge is 2.18. The first-order chi connectivity index (χ1) is 9.08. The molecule has 0 spiro atoms. The number of aromatic nitrogens is 1. The maximum Gasteiger partial charge on any atom is 0.325 e. The van der Waals surface area contributed by atoms with Crippen LogP contribution in [0.2, 0.25) is 5.15 Å². The van der Waals surface area contributed by atoms with E-state index in [1.54, 1.807) is 19.1 Å². The van der Waals surface area contributed by atoms with Crippen LogP contribution in [0.4, 0.5) is 0 Å². The molecule has 6 heteroatoms. The Morgan fingerprint density at radius 3 is 2.63 bits per heavy atom. The molecule has 0 atom stereocenters. The average molecular weight is 285 g/mol. The molecule has 1 heterocycles. The van der Waals surface area contributed by atoms with E-state index in [1.807, 2.05) is 6.92 Å². The van der Waals surface area contributed by atoms with Crippen molar-refractivity contribution < 1.29 is 14.3 Å². The zero-order valence-electron chi connectivity index (χ0n) is 11.1. The highest BCUT2D eigenvalue weighted by molar-refractivity contribution is 6.29. The van der Waals surface area contributed by atoms with Crippen LogP contribution in [0.3, 0.4) is 0 Å². The van der Waals surface area contributed by atoms with Crippen molar-refractivity contribution in [3.8, 4) is 0 Å². The van der Waals surface area contributed by atoms with Crippen molar-refractivity contribution in [2.75, 3.05) is 19.7 Å². The monoisotopic (exact) mass is 284 g/mol. The van der Waals surface area contributed by atoms with Gasteiger partial charge in [0.2, 0.25) is 0 Å². The van der Waals surface area contributed by atoms with Crippen LogP contribution in [-0.2, 0) is 9.53 Å². The van der Waals surface area contributed by atoms with Crippen molar-refractivity contribution in [2.24, 2.45) is 0 Å². The number of halogens is 1. The quantitative estimate of drug-likeness (QED) is 0.593. The van der Waals surface area contributed by atoms with E-state index in [2.05, 4.69) is 4.98 Å². The summed E-state index contributed by atoms with van der Waals surface area (Å²) in [5.41, 5.74) is 0.405. The summed E-state index contributed by atoms with van der Waals surface area (Å²) in [5, 5.41) is 0.323. The molecule has 104 valence electrons. The van der Waals surface area contributed by atoms with Gasteiger partial charge in [-0.1, -0.05) is 18.5 Å². The Kier molecular flexibility index (Phi) is 6.29. The minimum atomic E-state index is -0.411. The van der Waals surface area contributed by atoms with Crippen molar-refractivity contribution in [1.82, 2.24) is 9.88 Å². The van der Waals surface area contributed by atoms with Gasteiger partial charge in [-0.3, -0.25) is 9.59 Å². The number of ether oxygens (including phenoxy) is 1. The third-order valence-electron chi connectivity index (χ3n) is 2.38. The van der Waals surface area contributed by atoms with Gasteiger partial charge < -0.3 is 9.64 Å². The van der Waals surface area contributed by atoms with Gasteiger partial charge in [0.1, 0.15) is 11.7 Å². The molecule has 1 amide bonds. The van der Waals surface area contributed by atoms with E-state index in [-0.39, 0.29) is 12.5 Å². The van der Waals surface area contributed by atoms with Crippen LogP contribution < -0.4 is 0 Å². The second kappa shape index (κ2) is 7.74. The Bertz CT molecular complexity index is 434. The summed E-state index contributed by atoms with van der Waals surface area (Å²) in [6.45, 7) is 4.40. The molecule has 0 bridgehead atoms. The third kappa shape index (κ3) is 4.87. The van der Waals surface area contributed by atoms with E-state index >= 15 is 0 Å². The second-order valence-electron chi connectivity index (χ2n) is 3.90. The van der Waals surface area contributed by atoms with Crippen LogP contribution in [0, 0.1) is 0 Å². The lowest BCUT2D eigenvalue weighted by atomic mass is 10.2. The van der Waals surface area contributed by atoms with E-state index in [9.17, 15) is 9.59 Å². The van der Waals surface area contributed by atoms with Crippen molar-refractivity contribution >= 4 is 23.5 Å². The van der Waals surface area contributed by atoms with Crippen LogP contribution in [0.25, 0.3) is 0 Å². The Balaban J connectivity index is 2.77. The first kappa shape index (κ1) is 15.4. The van der Waals surface area contributed by atoms with Crippen molar-refractivity contribution in [2.45, 2.75) is 20.3 Å². The normalized spacial score (nSPS) is 10.1. The number of carbonyl (C=O) groups excluding carboxylic acids is 2. The predicted molar refractivity (Wildman–Crippen MR) is 72.1 cm³/mol. The number of hydrogen-bond donors (Lipinski definition) is 0. The lowest BCUT2D eigenvalue weighted by Crippen LogP contribution is -2.37. The van der Waals surface area contributed by atoms with Gasteiger partial charge in [-0.25, -0.2) is 4.98 Å². The largest absolute Gasteiger partial charge is 0.465 e. The molecule has 1 aromatic rings. The van der Waals surface area contributed by atoms with Gasteiger partial charge in [0.25, 0.3) is 5.91 Å². The molecule has 0 radical (unpaired) electrons. The molecule has 0 aliphatic heterocycles. The van der Waals surface area contributed by atoms with Crippen LogP contribution in [0.15, 0.2) is 18.3 Å². The summed E-state index contributed by atoms with van der Waals surface area (Å²) < 4.78 is 4.85. The molecular formula is C13H17ClN2O3. The first-order valence-corrected chi connectivity index (χ1v) is 6.52. The summed E-state index contributed by atoms with van der Waals surface area (Å²) in [4.78, 5) is 29.0. The summed E-state index contributed by atoms with van der Waals surface area (Å²) >= 11 is 5.67. The summed E-state index contributed by atoms with van der Waals surface area (Å²) in [7, 11) is 0. The van der Waals surface area contributed by atoms with E-state index < -0.39 is 5.97 Å². The summed E-state index contributed by atoms with van der Waals surface area (Å²) in [5.74, 6) is -0.662. The molecule has 0 aliphatic carbocycles. The topological polar surface area (TPSA) is 59.5 Å². The average Bonchev–Trinajstić information content (AvgIpc) is 2.38. The maximum absolute atomic E-state index is 12.2. The predicted octanol–water partition coefficient (Wildman–Crippen LogP) is 2.15. The number of rotatable bonds is 6. The van der Waals surface area contributed by atoms with Gasteiger partial charge in [-0.05, 0) is 25.5 Å². The van der Waals surface area contributed by atoms with Crippen molar-refractivity contribution in [1.29, 1.82) is 0 Å². The van der Waals surface area contributed by atoms with Gasteiger partial charge in [0.05, 0.1) is 12.2 Å². The third-order valence-corrected chi connectivity index (χ3v) is 2.60. The van der Waals surface area contributed by atoms with E-state index in [0.29, 0.717) is 23.9 Å². The molecule has 5 nitrogen and oxygen atoms in total.